The van der Waals surface area contributed by atoms with E-state index in [9.17, 15) is 5.11 Å². The number of hydrogen-bond donors (Lipinski definition) is 2. The molecule has 0 aliphatic carbocycles. The predicted octanol–water partition coefficient (Wildman–Crippen LogP) is 2.27. The van der Waals surface area contributed by atoms with E-state index in [0.717, 1.165) is 34.1 Å². The van der Waals surface area contributed by atoms with E-state index in [2.05, 4.69) is 5.32 Å². The van der Waals surface area contributed by atoms with Crippen LogP contribution in [0.1, 0.15) is 11.1 Å². The van der Waals surface area contributed by atoms with Crippen LogP contribution < -0.4 is 19.5 Å². The van der Waals surface area contributed by atoms with Gasteiger partial charge in [-0.1, -0.05) is 6.07 Å². The lowest BCUT2D eigenvalue weighted by atomic mass is 9.77. The van der Waals surface area contributed by atoms with Gasteiger partial charge in [0.15, 0.2) is 11.5 Å². The Bertz CT molecular complexity index is 788. The lowest BCUT2D eigenvalue weighted by Crippen LogP contribution is -2.31. The van der Waals surface area contributed by atoms with Gasteiger partial charge in [-0.25, -0.2) is 0 Å². The second-order valence-corrected chi connectivity index (χ2v) is 5.92. The number of aromatic hydroxyl groups is 1. The first kappa shape index (κ1) is 12.0. The maximum Gasteiger partial charge on any atom is 0.165 e. The zero-order valence-corrected chi connectivity index (χ0v) is 11.9. The summed E-state index contributed by atoms with van der Waals surface area (Å²) in [5.74, 6) is 2.58. The second-order valence-electron chi connectivity index (χ2n) is 5.92. The van der Waals surface area contributed by atoms with Crippen molar-refractivity contribution in [3.05, 3.63) is 41.5 Å². The first-order chi connectivity index (χ1) is 10.8. The SMILES string of the molecule is Oc1cccc2c1C1(CN2)COc2cc3c(cc21)OCCO3. The minimum Gasteiger partial charge on any atom is -0.508 e. The maximum atomic E-state index is 10.4. The van der Waals surface area contributed by atoms with Crippen LogP contribution in [0.5, 0.6) is 23.0 Å². The molecule has 0 fully saturated rings. The first-order valence-corrected chi connectivity index (χ1v) is 7.41. The van der Waals surface area contributed by atoms with E-state index < -0.39 is 0 Å². The summed E-state index contributed by atoms with van der Waals surface area (Å²) >= 11 is 0. The number of rotatable bonds is 0. The molecule has 112 valence electrons. The number of nitrogens with one attached hydrogen (secondary N) is 1. The first-order valence-electron chi connectivity index (χ1n) is 7.41. The summed E-state index contributed by atoms with van der Waals surface area (Å²) in [4.78, 5) is 0. The molecule has 1 spiro atoms. The molecule has 0 saturated carbocycles. The molecule has 3 heterocycles. The Morgan fingerprint density at radius 2 is 1.82 bits per heavy atom. The third kappa shape index (κ3) is 1.38. The van der Waals surface area contributed by atoms with Crippen LogP contribution in [0.3, 0.4) is 0 Å². The molecule has 2 aromatic rings. The summed E-state index contributed by atoms with van der Waals surface area (Å²) in [6.07, 6.45) is 0. The molecule has 22 heavy (non-hydrogen) atoms. The molecule has 0 aromatic heterocycles. The number of benzene rings is 2. The van der Waals surface area contributed by atoms with Crippen LogP contribution in [0.2, 0.25) is 0 Å². The third-order valence-electron chi connectivity index (χ3n) is 4.74. The van der Waals surface area contributed by atoms with Crippen molar-refractivity contribution in [1.82, 2.24) is 0 Å². The van der Waals surface area contributed by atoms with Gasteiger partial charge in [-0.15, -0.1) is 0 Å². The second kappa shape index (κ2) is 4.00. The van der Waals surface area contributed by atoms with Crippen LogP contribution in [0.25, 0.3) is 0 Å². The van der Waals surface area contributed by atoms with Gasteiger partial charge in [-0.05, 0) is 18.2 Å². The Labute approximate surface area is 127 Å². The van der Waals surface area contributed by atoms with Gasteiger partial charge >= 0.3 is 0 Å². The molecule has 5 nitrogen and oxygen atoms in total. The predicted molar refractivity (Wildman–Crippen MR) is 80.3 cm³/mol. The molecule has 3 aliphatic rings. The van der Waals surface area contributed by atoms with Gasteiger partial charge in [0.25, 0.3) is 0 Å². The summed E-state index contributed by atoms with van der Waals surface area (Å²) in [5.41, 5.74) is 2.55. The molecule has 5 rings (SSSR count). The molecule has 1 atom stereocenters. The standard InChI is InChI=1S/C17H15NO4/c19-12-3-1-2-11-16(12)17(8-18-11)9-22-13-7-15-14(6-10(13)17)20-4-5-21-15/h1-3,6-7,18-19H,4-5,8-9H2. The number of fused-ring (bicyclic) bond motifs is 5. The number of hydrogen-bond acceptors (Lipinski definition) is 5. The van der Waals surface area contributed by atoms with E-state index in [0.29, 0.717) is 32.1 Å². The fraction of sp³-hybridized carbons (Fsp3) is 0.294. The van der Waals surface area contributed by atoms with E-state index in [1.54, 1.807) is 6.07 Å². The normalized spacial score (nSPS) is 23.6. The molecule has 2 aromatic carbocycles. The Balaban J connectivity index is 1.73. The van der Waals surface area contributed by atoms with Gasteiger partial charge in [-0.3, -0.25) is 0 Å². The van der Waals surface area contributed by atoms with Crippen molar-refractivity contribution in [1.29, 1.82) is 0 Å². The van der Waals surface area contributed by atoms with E-state index in [1.165, 1.54) is 0 Å². The highest BCUT2D eigenvalue weighted by Gasteiger charge is 2.49. The van der Waals surface area contributed by atoms with Crippen LogP contribution in [-0.4, -0.2) is 31.5 Å². The van der Waals surface area contributed by atoms with Crippen molar-refractivity contribution in [2.75, 3.05) is 31.7 Å². The number of ether oxygens (including phenoxy) is 3. The molecule has 1 unspecified atom stereocenters. The van der Waals surface area contributed by atoms with Crippen molar-refractivity contribution in [2.45, 2.75) is 5.41 Å². The zero-order valence-electron chi connectivity index (χ0n) is 11.9. The largest absolute Gasteiger partial charge is 0.508 e. The fourth-order valence-electron chi connectivity index (χ4n) is 3.72. The summed E-state index contributed by atoms with van der Waals surface area (Å²) in [6.45, 7) is 2.32. The van der Waals surface area contributed by atoms with Crippen molar-refractivity contribution < 1.29 is 19.3 Å². The number of phenols is 1. The van der Waals surface area contributed by atoms with Gasteiger partial charge in [-0.2, -0.15) is 0 Å². The topological polar surface area (TPSA) is 60.0 Å². The molecule has 0 bridgehead atoms. The molecule has 0 saturated heterocycles. The summed E-state index contributed by atoms with van der Waals surface area (Å²) in [7, 11) is 0. The van der Waals surface area contributed by atoms with Crippen molar-refractivity contribution in [3.8, 4) is 23.0 Å². The Morgan fingerprint density at radius 3 is 2.68 bits per heavy atom. The highest BCUT2D eigenvalue weighted by atomic mass is 16.6. The number of anilines is 1. The molecule has 5 heteroatoms. The molecule has 0 amide bonds. The third-order valence-corrected chi connectivity index (χ3v) is 4.74. The summed E-state index contributed by atoms with van der Waals surface area (Å²) in [5, 5.41) is 13.8. The van der Waals surface area contributed by atoms with Crippen molar-refractivity contribution in [3.63, 3.8) is 0 Å². The minimum atomic E-state index is -0.369. The molecular formula is C17H15NO4. The Morgan fingerprint density at radius 1 is 1.00 bits per heavy atom. The van der Waals surface area contributed by atoms with E-state index >= 15 is 0 Å². The van der Waals surface area contributed by atoms with Crippen LogP contribution in [0, 0.1) is 0 Å². The average Bonchev–Trinajstić information content (AvgIpc) is 3.09. The van der Waals surface area contributed by atoms with E-state index in [4.69, 9.17) is 14.2 Å². The van der Waals surface area contributed by atoms with Gasteiger partial charge in [0, 0.05) is 29.4 Å². The van der Waals surface area contributed by atoms with Crippen LogP contribution in [0.15, 0.2) is 30.3 Å². The van der Waals surface area contributed by atoms with Gasteiger partial charge in [0.05, 0.1) is 5.41 Å². The van der Waals surface area contributed by atoms with Crippen LogP contribution in [0.4, 0.5) is 5.69 Å². The van der Waals surface area contributed by atoms with Crippen LogP contribution in [-0.2, 0) is 5.41 Å². The lowest BCUT2D eigenvalue weighted by molar-refractivity contribution is 0.171. The Hall–Kier alpha value is -2.56. The fourth-order valence-corrected chi connectivity index (χ4v) is 3.72. The van der Waals surface area contributed by atoms with Gasteiger partial charge in [0.2, 0.25) is 0 Å². The van der Waals surface area contributed by atoms with Crippen LogP contribution >= 0.6 is 0 Å². The van der Waals surface area contributed by atoms with Crippen molar-refractivity contribution >= 4 is 5.69 Å². The molecule has 3 aliphatic heterocycles. The average molecular weight is 297 g/mol. The minimum absolute atomic E-state index is 0.300. The smallest absolute Gasteiger partial charge is 0.165 e. The highest BCUT2D eigenvalue weighted by molar-refractivity contribution is 5.72. The number of phenolic OH excluding ortho intramolecular Hbond substituents is 1. The molecular weight excluding hydrogens is 282 g/mol. The maximum absolute atomic E-state index is 10.4. The van der Waals surface area contributed by atoms with Gasteiger partial charge < -0.3 is 24.6 Å². The monoisotopic (exact) mass is 297 g/mol. The van der Waals surface area contributed by atoms with E-state index in [1.807, 2.05) is 24.3 Å². The quantitative estimate of drug-likeness (QED) is 0.781. The van der Waals surface area contributed by atoms with Crippen molar-refractivity contribution in [2.24, 2.45) is 0 Å². The molecule has 2 N–H and O–H groups in total. The highest BCUT2D eigenvalue weighted by Crippen LogP contribution is 2.54. The zero-order chi connectivity index (χ0) is 14.7. The molecule has 0 radical (unpaired) electrons. The summed E-state index contributed by atoms with van der Waals surface area (Å²) < 4.78 is 17.3. The van der Waals surface area contributed by atoms with Gasteiger partial charge in [0.1, 0.15) is 31.3 Å². The van der Waals surface area contributed by atoms with E-state index in [-0.39, 0.29) is 5.41 Å². The summed E-state index contributed by atoms with van der Waals surface area (Å²) in [6, 6.07) is 9.46. The lowest BCUT2D eigenvalue weighted by Gasteiger charge is -2.24. The Kier molecular flexibility index (Phi) is 2.19.